The molecule has 0 saturated carbocycles. The van der Waals surface area contributed by atoms with Crippen molar-refractivity contribution in [1.82, 2.24) is 14.8 Å². The van der Waals surface area contributed by atoms with Crippen molar-refractivity contribution in [2.24, 2.45) is 0 Å². The van der Waals surface area contributed by atoms with Crippen LogP contribution in [0.4, 0.5) is 5.69 Å². The Balaban J connectivity index is 2.06. The SMILES string of the molecule is CN(C)CCN(C)C(=O)c1sc(-c2ccccc2)nc1-c1cccc([N+](=O)[O-])c1. The van der Waals surface area contributed by atoms with Crippen molar-refractivity contribution in [3.05, 3.63) is 69.6 Å². The molecular weight excluding hydrogens is 388 g/mol. The fraction of sp³-hybridized carbons (Fsp3) is 0.238. The Kier molecular flexibility index (Phi) is 6.36. The maximum Gasteiger partial charge on any atom is 0.270 e. The number of nitro groups is 1. The highest BCUT2D eigenvalue weighted by molar-refractivity contribution is 7.17. The van der Waals surface area contributed by atoms with E-state index in [1.54, 1.807) is 24.1 Å². The number of likely N-dealkylation sites (N-methyl/N-ethyl adjacent to an activating group) is 2. The van der Waals surface area contributed by atoms with Crippen molar-refractivity contribution < 1.29 is 9.72 Å². The van der Waals surface area contributed by atoms with Gasteiger partial charge in [-0.25, -0.2) is 4.98 Å². The summed E-state index contributed by atoms with van der Waals surface area (Å²) in [5.74, 6) is -0.145. The third kappa shape index (κ3) is 4.85. The maximum atomic E-state index is 13.2. The third-order valence-corrected chi connectivity index (χ3v) is 5.49. The molecule has 3 aromatic rings. The fourth-order valence-corrected chi connectivity index (χ4v) is 3.84. The summed E-state index contributed by atoms with van der Waals surface area (Å²) >= 11 is 1.31. The maximum absolute atomic E-state index is 13.2. The Morgan fingerprint density at radius 3 is 2.38 bits per heavy atom. The van der Waals surface area contributed by atoms with Crippen LogP contribution in [0.3, 0.4) is 0 Å². The minimum atomic E-state index is -0.446. The minimum absolute atomic E-state index is 0.0314. The second kappa shape index (κ2) is 8.93. The van der Waals surface area contributed by atoms with Crippen molar-refractivity contribution in [1.29, 1.82) is 0 Å². The van der Waals surface area contributed by atoms with Crippen LogP contribution in [0.5, 0.6) is 0 Å². The van der Waals surface area contributed by atoms with E-state index in [0.29, 0.717) is 27.7 Å². The zero-order valence-corrected chi connectivity index (χ0v) is 17.3. The molecule has 8 heteroatoms. The van der Waals surface area contributed by atoms with Gasteiger partial charge in [-0.15, -0.1) is 11.3 Å². The summed E-state index contributed by atoms with van der Waals surface area (Å²) < 4.78 is 0. The second-order valence-corrected chi connectivity index (χ2v) is 7.90. The van der Waals surface area contributed by atoms with Gasteiger partial charge in [0, 0.05) is 43.4 Å². The van der Waals surface area contributed by atoms with E-state index < -0.39 is 4.92 Å². The van der Waals surface area contributed by atoms with Crippen LogP contribution in [0.15, 0.2) is 54.6 Å². The zero-order chi connectivity index (χ0) is 21.0. The molecule has 0 aliphatic heterocycles. The first-order valence-corrected chi connectivity index (χ1v) is 9.89. The van der Waals surface area contributed by atoms with Gasteiger partial charge in [-0.2, -0.15) is 0 Å². The molecule has 0 unspecified atom stereocenters. The van der Waals surface area contributed by atoms with E-state index in [0.717, 1.165) is 12.1 Å². The van der Waals surface area contributed by atoms with Crippen molar-refractivity contribution in [2.75, 3.05) is 34.2 Å². The minimum Gasteiger partial charge on any atom is -0.340 e. The van der Waals surface area contributed by atoms with Crippen LogP contribution < -0.4 is 0 Å². The number of nitro benzene ring substituents is 1. The number of benzene rings is 2. The summed E-state index contributed by atoms with van der Waals surface area (Å²) in [6.45, 7) is 1.30. The Morgan fingerprint density at radius 1 is 1.03 bits per heavy atom. The molecule has 0 aliphatic carbocycles. The zero-order valence-electron chi connectivity index (χ0n) is 16.5. The quantitative estimate of drug-likeness (QED) is 0.434. The van der Waals surface area contributed by atoms with E-state index in [4.69, 9.17) is 0 Å². The molecule has 7 nitrogen and oxygen atoms in total. The summed E-state index contributed by atoms with van der Waals surface area (Å²) in [5.41, 5.74) is 1.90. The molecule has 0 saturated heterocycles. The number of aromatic nitrogens is 1. The highest BCUT2D eigenvalue weighted by atomic mass is 32.1. The van der Waals surface area contributed by atoms with E-state index in [9.17, 15) is 14.9 Å². The number of non-ortho nitro benzene ring substituents is 1. The molecule has 0 bridgehead atoms. The number of thiazole rings is 1. The molecule has 150 valence electrons. The first-order valence-electron chi connectivity index (χ1n) is 9.08. The van der Waals surface area contributed by atoms with Gasteiger partial charge in [0.05, 0.1) is 10.6 Å². The molecule has 2 aromatic carbocycles. The topological polar surface area (TPSA) is 79.6 Å². The number of carbonyl (C=O) groups is 1. The lowest BCUT2D eigenvalue weighted by Crippen LogP contribution is -2.33. The van der Waals surface area contributed by atoms with Crippen LogP contribution >= 0.6 is 11.3 Å². The van der Waals surface area contributed by atoms with Gasteiger partial charge >= 0.3 is 0 Å². The van der Waals surface area contributed by atoms with Crippen LogP contribution in [0, 0.1) is 10.1 Å². The number of rotatable bonds is 7. The van der Waals surface area contributed by atoms with E-state index in [-0.39, 0.29) is 11.6 Å². The van der Waals surface area contributed by atoms with Crippen LogP contribution in [0.25, 0.3) is 21.8 Å². The van der Waals surface area contributed by atoms with E-state index in [2.05, 4.69) is 4.98 Å². The average molecular weight is 410 g/mol. The lowest BCUT2D eigenvalue weighted by atomic mass is 10.1. The van der Waals surface area contributed by atoms with Crippen molar-refractivity contribution in [3.8, 4) is 21.8 Å². The number of hydrogen-bond donors (Lipinski definition) is 0. The predicted molar refractivity (Wildman–Crippen MR) is 115 cm³/mol. The largest absolute Gasteiger partial charge is 0.340 e. The van der Waals surface area contributed by atoms with Crippen LogP contribution in [0.2, 0.25) is 0 Å². The van der Waals surface area contributed by atoms with Gasteiger partial charge in [0.1, 0.15) is 9.88 Å². The van der Waals surface area contributed by atoms with Gasteiger partial charge in [-0.05, 0) is 14.1 Å². The van der Waals surface area contributed by atoms with E-state index in [1.165, 1.54) is 23.5 Å². The van der Waals surface area contributed by atoms with Crippen LogP contribution in [-0.2, 0) is 0 Å². The number of carbonyl (C=O) groups excluding carboxylic acids is 1. The predicted octanol–water partition coefficient (Wildman–Crippen LogP) is 4.02. The van der Waals surface area contributed by atoms with Gasteiger partial charge in [0.2, 0.25) is 0 Å². The Labute approximate surface area is 173 Å². The highest BCUT2D eigenvalue weighted by Gasteiger charge is 2.24. The molecule has 0 radical (unpaired) electrons. The van der Waals surface area contributed by atoms with Crippen LogP contribution in [0.1, 0.15) is 9.67 Å². The molecule has 0 fully saturated rings. The van der Waals surface area contributed by atoms with Gasteiger partial charge in [-0.1, -0.05) is 42.5 Å². The van der Waals surface area contributed by atoms with Crippen molar-refractivity contribution in [3.63, 3.8) is 0 Å². The molecule has 1 amide bonds. The van der Waals surface area contributed by atoms with Gasteiger partial charge < -0.3 is 9.80 Å². The summed E-state index contributed by atoms with van der Waals surface area (Å²) in [7, 11) is 5.66. The van der Waals surface area contributed by atoms with Crippen molar-refractivity contribution in [2.45, 2.75) is 0 Å². The van der Waals surface area contributed by atoms with Crippen LogP contribution in [-0.4, -0.2) is 59.8 Å². The monoisotopic (exact) mass is 410 g/mol. The van der Waals surface area contributed by atoms with Gasteiger partial charge in [0.25, 0.3) is 11.6 Å². The summed E-state index contributed by atoms with van der Waals surface area (Å²) in [4.78, 5) is 32.7. The molecule has 1 heterocycles. The normalized spacial score (nSPS) is 10.9. The van der Waals surface area contributed by atoms with Gasteiger partial charge in [-0.3, -0.25) is 14.9 Å². The molecule has 29 heavy (non-hydrogen) atoms. The Morgan fingerprint density at radius 2 is 1.72 bits per heavy atom. The summed E-state index contributed by atoms with van der Waals surface area (Å²) in [5, 5.41) is 11.9. The van der Waals surface area contributed by atoms with E-state index in [1.807, 2.05) is 49.3 Å². The van der Waals surface area contributed by atoms with Crippen molar-refractivity contribution >= 4 is 22.9 Å². The highest BCUT2D eigenvalue weighted by Crippen LogP contribution is 2.35. The molecule has 0 N–H and O–H groups in total. The average Bonchev–Trinajstić information content (AvgIpc) is 3.17. The molecule has 1 aromatic heterocycles. The molecule has 0 spiro atoms. The fourth-order valence-electron chi connectivity index (χ4n) is 2.76. The lowest BCUT2D eigenvalue weighted by molar-refractivity contribution is -0.384. The summed E-state index contributed by atoms with van der Waals surface area (Å²) in [6, 6.07) is 15.8. The lowest BCUT2D eigenvalue weighted by Gasteiger charge is -2.19. The Hall–Kier alpha value is -3.10. The molecule has 0 atom stereocenters. The number of hydrogen-bond acceptors (Lipinski definition) is 6. The first kappa shape index (κ1) is 20.6. The molecule has 3 rings (SSSR count). The molecular formula is C21H22N4O3S. The number of amides is 1. The Bertz CT molecular complexity index is 1020. The molecule has 0 aliphatic rings. The van der Waals surface area contributed by atoms with Gasteiger partial charge in [0.15, 0.2) is 0 Å². The summed E-state index contributed by atoms with van der Waals surface area (Å²) in [6.07, 6.45) is 0. The van der Waals surface area contributed by atoms with E-state index >= 15 is 0 Å². The standard InChI is InChI=1S/C21H22N4O3S/c1-23(2)12-13-24(3)21(26)19-18(16-10-7-11-17(14-16)25(27)28)22-20(29-19)15-8-5-4-6-9-15/h4-11,14H,12-13H2,1-3H3. The second-order valence-electron chi connectivity index (χ2n) is 6.90. The first-order chi connectivity index (χ1) is 13.9. The third-order valence-electron chi connectivity index (χ3n) is 4.40. The number of nitrogens with zero attached hydrogens (tertiary/aromatic N) is 4. The smallest absolute Gasteiger partial charge is 0.270 e.